The first kappa shape index (κ1) is 53.2. The minimum atomic E-state index is -3.88. The first-order chi connectivity index (χ1) is 33.2. The number of rotatable bonds is 18. The standard InChI is InChI=1S/2C25H31FN2O5S2/c2*1-4-5-6-19-15-28(18-9-7-17(26)8-10-18)20-13-22(34-3)21(14-23(20)35(31,32)27(19)2)33-16-25(11-12-25)24(29)30/h2*7-10,13-14,19H,4-6,11-12,15-16H2,1-3H3,(H,29,30)/t2*19-/m10/s1. The fourth-order valence-corrected chi connectivity index (χ4v) is 12.9. The van der Waals surface area contributed by atoms with E-state index in [1.54, 1.807) is 50.5 Å². The lowest BCUT2D eigenvalue weighted by Crippen LogP contribution is -2.40. The van der Waals surface area contributed by atoms with E-state index in [1.165, 1.54) is 68.5 Å². The van der Waals surface area contributed by atoms with Gasteiger partial charge in [-0.05, 0) is 112 Å². The number of ether oxygens (including phenoxy) is 2. The van der Waals surface area contributed by atoms with Crippen LogP contribution in [0.5, 0.6) is 11.5 Å². The SMILES string of the molecule is CCCC[C@@H]1CN(c2ccc(F)cc2)c2cc(SC)c(OCC3(C(=O)O)CC3)cc2S(=O)(=O)N1C.CCCC[C@H]1CN(c2ccc(F)cc2)c2cc(SC)c(OCC3(C(=O)O)CC3)cc2S(=O)(=O)N1C. The molecule has 0 aromatic heterocycles. The normalized spacial score (nSPS) is 20.7. The predicted octanol–water partition coefficient (Wildman–Crippen LogP) is 10.2. The summed E-state index contributed by atoms with van der Waals surface area (Å²) in [6, 6.07) is 18.1. The van der Waals surface area contributed by atoms with Crippen molar-refractivity contribution < 1.29 is 54.9 Å². The van der Waals surface area contributed by atoms with Crippen LogP contribution in [0.4, 0.5) is 31.5 Å². The second-order valence-electron chi connectivity index (χ2n) is 18.5. The van der Waals surface area contributed by atoms with Crippen molar-refractivity contribution in [2.24, 2.45) is 10.8 Å². The summed E-state index contributed by atoms with van der Waals surface area (Å²) in [4.78, 5) is 28.7. The Bertz CT molecular complexity index is 2590. The molecular weight excluding hydrogens is 983 g/mol. The third-order valence-electron chi connectivity index (χ3n) is 13.9. The van der Waals surface area contributed by atoms with Crippen LogP contribution in [0, 0.1) is 22.5 Å². The van der Waals surface area contributed by atoms with E-state index in [-0.39, 0.29) is 46.7 Å². The molecule has 0 unspecified atom stereocenters. The predicted molar refractivity (Wildman–Crippen MR) is 269 cm³/mol. The zero-order chi connectivity index (χ0) is 50.8. The summed E-state index contributed by atoms with van der Waals surface area (Å²) in [6.45, 7) is 4.96. The topological polar surface area (TPSA) is 174 Å². The van der Waals surface area contributed by atoms with Crippen molar-refractivity contribution >= 4 is 78.3 Å². The van der Waals surface area contributed by atoms with Gasteiger partial charge < -0.3 is 29.5 Å². The molecule has 70 heavy (non-hydrogen) atoms. The van der Waals surface area contributed by atoms with E-state index < -0.39 is 42.8 Å². The zero-order valence-corrected chi connectivity index (χ0v) is 43.6. The summed E-state index contributed by atoms with van der Waals surface area (Å²) in [5.74, 6) is -1.81. The molecule has 0 radical (unpaired) electrons. The van der Waals surface area contributed by atoms with Crippen molar-refractivity contribution in [2.75, 3.05) is 62.7 Å². The number of likely N-dealkylation sites (N-methyl/N-ethyl adjacent to an activating group) is 2. The molecule has 2 saturated carbocycles. The van der Waals surface area contributed by atoms with E-state index in [1.807, 2.05) is 22.3 Å². The highest BCUT2D eigenvalue weighted by atomic mass is 32.2. The fraction of sp³-hybridized carbons (Fsp3) is 0.480. The largest absolute Gasteiger partial charge is 0.491 e. The highest BCUT2D eigenvalue weighted by molar-refractivity contribution is 7.99. The van der Waals surface area contributed by atoms with Gasteiger partial charge in [-0.25, -0.2) is 25.6 Å². The number of halogens is 2. The fourth-order valence-electron chi connectivity index (χ4n) is 8.72. The van der Waals surface area contributed by atoms with Crippen LogP contribution in [0.25, 0.3) is 0 Å². The van der Waals surface area contributed by atoms with Crippen LogP contribution in [0.15, 0.2) is 92.4 Å². The molecular formula is C50H62F2N4O10S4. The van der Waals surface area contributed by atoms with Crippen molar-refractivity contribution in [2.45, 2.75) is 110 Å². The summed E-state index contributed by atoms with van der Waals surface area (Å²) in [6.07, 6.45) is 10.9. The van der Waals surface area contributed by atoms with Crippen molar-refractivity contribution in [3.63, 3.8) is 0 Å². The van der Waals surface area contributed by atoms with Gasteiger partial charge >= 0.3 is 11.9 Å². The number of fused-ring (bicyclic) bond motifs is 2. The molecule has 2 N–H and O–H groups in total. The molecule has 0 bridgehead atoms. The maximum absolute atomic E-state index is 13.8. The van der Waals surface area contributed by atoms with Crippen LogP contribution in [0.3, 0.4) is 0 Å². The van der Waals surface area contributed by atoms with Gasteiger partial charge in [0.15, 0.2) is 0 Å². The molecule has 4 aromatic rings. The average molecular weight is 1050 g/mol. The number of carbonyl (C=O) groups is 2. The highest BCUT2D eigenvalue weighted by Gasteiger charge is 2.52. The Morgan fingerprint density at radius 3 is 1.26 bits per heavy atom. The number of aliphatic carboxylic acids is 2. The van der Waals surface area contributed by atoms with Crippen molar-refractivity contribution in [1.82, 2.24) is 8.61 Å². The second kappa shape index (κ2) is 21.6. The van der Waals surface area contributed by atoms with Crippen molar-refractivity contribution in [1.29, 1.82) is 0 Å². The van der Waals surface area contributed by atoms with Crippen LogP contribution >= 0.6 is 23.5 Å². The monoisotopic (exact) mass is 1040 g/mol. The van der Waals surface area contributed by atoms with Crippen LogP contribution < -0.4 is 19.3 Å². The summed E-state index contributed by atoms with van der Waals surface area (Å²) in [5, 5.41) is 19.0. The number of anilines is 4. The van der Waals surface area contributed by atoms with E-state index in [2.05, 4.69) is 13.8 Å². The van der Waals surface area contributed by atoms with Crippen LogP contribution in [0.2, 0.25) is 0 Å². The number of hydrogen-bond acceptors (Lipinski definition) is 12. The summed E-state index contributed by atoms with van der Waals surface area (Å²) in [7, 11) is -4.56. The maximum atomic E-state index is 13.8. The Hall–Kier alpha value is -4.60. The minimum absolute atomic E-state index is 0.00856. The van der Waals surface area contributed by atoms with Crippen LogP contribution in [0.1, 0.15) is 78.1 Å². The van der Waals surface area contributed by atoms with Crippen molar-refractivity contribution in [3.05, 3.63) is 84.4 Å². The Morgan fingerprint density at radius 2 is 0.971 bits per heavy atom. The third-order valence-corrected chi connectivity index (χ3v) is 19.3. The van der Waals surface area contributed by atoms with Gasteiger partial charge in [0, 0.05) is 62.8 Å². The minimum Gasteiger partial charge on any atom is -0.491 e. The lowest BCUT2D eigenvalue weighted by molar-refractivity contribution is -0.145. The molecule has 8 rings (SSSR count). The average Bonchev–Trinajstić information content (AvgIpc) is 4.29. The van der Waals surface area contributed by atoms with E-state index in [9.17, 15) is 45.4 Å². The van der Waals surface area contributed by atoms with E-state index in [0.29, 0.717) is 95.7 Å². The number of carboxylic acid groups (broad SMARTS) is 2. The molecule has 0 saturated heterocycles. The first-order valence-corrected chi connectivity index (χ1v) is 28.8. The Balaban J connectivity index is 0.000000206. The molecule has 14 nitrogen and oxygen atoms in total. The van der Waals surface area contributed by atoms with Gasteiger partial charge in [-0.2, -0.15) is 8.61 Å². The number of sulfonamides is 2. The third kappa shape index (κ3) is 11.1. The smallest absolute Gasteiger partial charge is 0.313 e. The molecule has 2 aliphatic carbocycles. The number of benzene rings is 4. The molecule has 2 atom stereocenters. The van der Waals surface area contributed by atoms with Crippen LogP contribution in [-0.2, 0) is 29.6 Å². The second-order valence-corrected chi connectivity index (χ2v) is 24.1. The maximum Gasteiger partial charge on any atom is 0.313 e. The lowest BCUT2D eigenvalue weighted by atomic mass is 10.1. The number of carboxylic acids is 2. The highest BCUT2D eigenvalue weighted by Crippen LogP contribution is 2.50. The van der Waals surface area contributed by atoms with E-state index >= 15 is 0 Å². The molecule has 20 heteroatoms. The number of hydrogen-bond donors (Lipinski definition) is 2. The molecule has 2 fully saturated rings. The molecule has 4 aromatic carbocycles. The molecule has 4 aliphatic rings. The number of nitrogens with zero attached hydrogens (tertiary/aromatic N) is 4. The van der Waals surface area contributed by atoms with Gasteiger partial charge in [0.2, 0.25) is 20.0 Å². The van der Waals surface area contributed by atoms with Gasteiger partial charge in [-0.15, -0.1) is 23.5 Å². The van der Waals surface area contributed by atoms with E-state index in [4.69, 9.17) is 9.47 Å². The van der Waals surface area contributed by atoms with Gasteiger partial charge in [-0.1, -0.05) is 39.5 Å². The van der Waals surface area contributed by atoms with Crippen LogP contribution in [-0.4, -0.2) is 113 Å². The molecule has 2 heterocycles. The molecule has 0 spiro atoms. The molecule has 2 aliphatic heterocycles. The number of thioether (sulfide) groups is 2. The van der Waals surface area contributed by atoms with E-state index in [0.717, 1.165) is 25.7 Å². The Kier molecular flexibility index (Phi) is 16.4. The number of unbranched alkanes of at least 4 members (excludes halogenated alkanes) is 2. The van der Waals surface area contributed by atoms with Gasteiger partial charge in [0.25, 0.3) is 0 Å². The van der Waals surface area contributed by atoms with Gasteiger partial charge in [-0.3, -0.25) is 9.59 Å². The zero-order valence-electron chi connectivity index (χ0n) is 40.3. The Morgan fingerprint density at radius 1 is 0.629 bits per heavy atom. The van der Waals surface area contributed by atoms with Crippen molar-refractivity contribution in [3.8, 4) is 11.5 Å². The van der Waals surface area contributed by atoms with Gasteiger partial charge in [0.1, 0.15) is 57.0 Å². The molecule has 0 amide bonds. The molecule has 380 valence electrons. The summed E-state index contributed by atoms with van der Waals surface area (Å²) >= 11 is 2.80. The van der Waals surface area contributed by atoms with Gasteiger partial charge in [0.05, 0.1) is 21.2 Å². The quantitative estimate of drug-likeness (QED) is 0.0901. The Labute approximate surface area is 418 Å². The summed E-state index contributed by atoms with van der Waals surface area (Å²) in [5.41, 5.74) is 0.594. The first-order valence-electron chi connectivity index (χ1n) is 23.4. The summed E-state index contributed by atoms with van der Waals surface area (Å²) < 4.78 is 97.3. The lowest BCUT2D eigenvalue weighted by Gasteiger charge is -2.29.